The topological polar surface area (TPSA) is 267 Å². The molecule has 20 heteroatoms. The van der Waals surface area contributed by atoms with Gasteiger partial charge in [-0.25, -0.2) is 25.3 Å². The van der Waals surface area contributed by atoms with Crippen LogP contribution in [-0.2, 0) is 62.8 Å². The van der Waals surface area contributed by atoms with Gasteiger partial charge in [0.2, 0.25) is 31.2 Å². The lowest BCUT2D eigenvalue weighted by Gasteiger charge is -2.46. The normalized spacial score (nSPS) is 35.7. The number of carboxylic acids is 1. The van der Waals surface area contributed by atoms with Crippen LogP contribution in [0, 0.1) is 5.92 Å². The van der Waals surface area contributed by atoms with E-state index in [4.69, 9.17) is 14.2 Å². The van der Waals surface area contributed by atoms with E-state index in [1.807, 2.05) is 0 Å². The number of aliphatic carboxylic acids is 1. The van der Waals surface area contributed by atoms with Gasteiger partial charge in [-0.15, -0.1) is 0 Å². The van der Waals surface area contributed by atoms with Crippen LogP contribution in [0.15, 0.2) is 0 Å². The van der Waals surface area contributed by atoms with Crippen molar-refractivity contribution in [2.24, 2.45) is 5.92 Å². The van der Waals surface area contributed by atoms with Gasteiger partial charge in [0.15, 0.2) is 12.4 Å². The van der Waals surface area contributed by atoms with Crippen LogP contribution in [0.1, 0.15) is 26.7 Å². The molecule has 2 rings (SSSR count). The molecule has 2 fully saturated rings. The van der Waals surface area contributed by atoms with E-state index in [1.165, 1.54) is 13.8 Å². The quantitative estimate of drug-likeness (QED) is 0.184. The maximum absolute atomic E-state index is 11.5. The summed E-state index contributed by atoms with van der Waals surface area (Å²) < 4.78 is 129. The maximum Gasteiger partial charge on any atom is 0.218 e. The second-order valence-electron chi connectivity index (χ2n) is 7.36. The fourth-order valence-corrected chi connectivity index (χ4v) is 5.02. The molecule has 2 saturated heterocycles. The molecule has 0 aromatic heterocycles. The summed E-state index contributed by atoms with van der Waals surface area (Å²) in [6, 6.07) is 0. The Balaban J connectivity index is 2.43. The lowest BCUT2D eigenvalue weighted by Crippen LogP contribution is -2.61. The minimum Gasteiger partial charge on any atom is -0.726 e. The molecule has 0 saturated carbocycles. The van der Waals surface area contributed by atoms with E-state index in [1.54, 1.807) is 0 Å². The largest absolute Gasteiger partial charge is 0.726 e. The highest BCUT2D eigenvalue weighted by atomic mass is 32.3. The van der Waals surface area contributed by atoms with Crippen LogP contribution in [0.25, 0.3) is 0 Å². The van der Waals surface area contributed by atoms with Crippen LogP contribution in [0.2, 0.25) is 0 Å². The predicted octanol–water partition coefficient (Wildman–Crippen LogP) is -3.78. The van der Waals surface area contributed by atoms with Crippen molar-refractivity contribution in [3.63, 3.8) is 0 Å². The third-order valence-corrected chi connectivity index (χ3v) is 6.41. The number of carbonyl (C=O) groups excluding carboxylic acids is 1. The maximum atomic E-state index is 11.5. The first-order valence-corrected chi connectivity index (χ1v) is 13.5. The number of carboxylic acid groups (broad SMARTS) is 1. The van der Waals surface area contributed by atoms with E-state index in [9.17, 15) is 48.8 Å². The molecule has 2 aliphatic rings. The Bertz CT molecular complexity index is 1040. The minimum atomic E-state index is -5.58. The molecule has 6 unspecified atom stereocenters. The molecule has 0 aromatic rings. The second kappa shape index (κ2) is 10.9. The van der Waals surface area contributed by atoms with Crippen molar-refractivity contribution < 1.29 is 75.6 Å². The first-order valence-electron chi connectivity index (χ1n) is 9.46. The van der Waals surface area contributed by atoms with Gasteiger partial charge in [0, 0.05) is 12.3 Å². The molecule has 2 heterocycles. The molecular weight excluding hydrogens is 536 g/mol. The molecule has 8 atom stereocenters. The Kier molecular flexibility index (Phi) is 9.38. The molecule has 2 aliphatic heterocycles. The van der Waals surface area contributed by atoms with Gasteiger partial charge in [0.25, 0.3) is 0 Å². The van der Waals surface area contributed by atoms with Gasteiger partial charge in [-0.3, -0.25) is 12.5 Å². The summed E-state index contributed by atoms with van der Waals surface area (Å²) in [5.74, 6) is -3.13. The molecule has 200 valence electrons. The highest BCUT2D eigenvalue weighted by Crippen LogP contribution is 2.34. The minimum absolute atomic E-state index is 0.121. The van der Waals surface area contributed by atoms with E-state index >= 15 is 0 Å². The fourth-order valence-electron chi connectivity index (χ4n) is 3.50. The third kappa shape index (κ3) is 8.57. The number of ether oxygens (including phenoxy) is 3. The van der Waals surface area contributed by atoms with Crippen LogP contribution >= 0.6 is 0 Å². The third-order valence-electron chi connectivity index (χ3n) is 4.99. The van der Waals surface area contributed by atoms with E-state index in [0.717, 1.165) is 0 Å². The highest BCUT2D eigenvalue weighted by molar-refractivity contribution is 7.81. The van der Waals surface area contributed by atoms with Gasteiger partial charge in [-0.2, -0.15) is 0 Å². The molecule has 0 spiro atoms. The lowest BCUT2D eigenvalue weighted by atomic mass is 9.91. The summed E-state index contributed by atoms with van der Waals surface area (Å²) in [7, 11) is -16.3. The summed E-state index contributed by atoms with van der Waals surface area (Å²) in [5, 5.41) is 11.5. The van der Waals surface area contributed by atoms with Gasteiger partial charge >= 0.3 is 0 Å². The van der Waals surface area contributed by atoms with Gasteiger partial charge in [0.1, 0.15) is 18.3 Å². The highest BCUT2D eigenvalue weighted by Gasteiger charge is 2.48. The smallest absolute Gasteiger partial charge is 0.218 e. The molecule has 34 heavy (non-hydrogen) atoms. The number of hydrogen-bond donors (Lipinski definition) is 0. The SMILES string of the molecule is CCC1CC(OS(=O)(=O)[O-])C(OS(=O)(=O)[O-])[C@H](O[C@H]2C(C(=O)[O-])OCC(OS(=O)(=O)[O-])C2C)O1. The average Bonchev–Trinajstić information content (AvgIpc) is 2.63. The van der Waals surface area contributed by atoms with E-state index in [0.29, 0.717) is 0 Å². The first kappa shape index (κ1) is 29.2. The van der Waals surface area contributed by atoms with Gasteiger partial charge < -0.3 is 37.8 Å². The molecule has 0 radical (unpaired) electrons. The predicted molar refractivity (Wildman–Crippen MR) is 96.1 cm³/mol. The fraction of sp³-hybridized carbons (Fsp3) is 0.929. The molecule has 0 N–H and O–H groups in total. The molecular formula is C14H20O17S3-4. The Morgan fingerprint density at radius 1 is 0.912 bits per heavy atom. The number of carbonyl (C=O) groups is 1. The molecule has 0 aromatic carbocycles. The molecule has 0 amide bonds. The monoisotopic (exact) mass is 556 g/mol. The van der Waals surface area contributed by atoms with E-state index in [-0.39, 0.29) is 6.42 Å². The Hall–Kier alpha value is -1.04. The van der Waals surface area contributed by atoms with Crippen LogP contribution in [0.5, 0.6) is 0 Å². The van der Waals surface area contributed by atoms with Crippen LogP contribution in [0.3, 0.4) is 0 Å². The Morgan fingerprint density at radius 3 is 1.91 bits per heavy atom. The van der Waals surface area contributed by atoms with Crippen molar-refractivity contribution >= 4 is 37.2 Å². The van der Waals surface area contributed by atoms with Crippen LogP contribution in [0.4, 0.5) is 0 Å². The standard InChI is InChI=1S/C14H24O17S3/c1-3-7-4-8(29-32(17,18)19)11(31-34(23,24)25)14(27-7)28-10-6(2)9(30-33(20,21)22)5-26-12(10)13(15)16/h6-12,14H,3-5H2,1-2H3,(H,15,16)(H,17,18,19)(H,20,21,22)(H,23,24,25)/p-4/t6?,7?,8?,9?,10-,11?,12?,14+/m1/s1. The zero-order valence-electron chi connectivity index (χ0n) is 17.4. The average molecular weight is 556 g/mol. The van der Waals surface area contributed by atoms with Gasteiger partial charge in [0.05, 0.1) is 24.8 Å². The molecule has 17 nitrogen and oxygen atoms in total. The summed E-state index contributed by atoms with van der Waals surface area (Å²) >= 11 is 0. The van der Waals surface area contributed by atoms with E-state index in [2.05, 4.69) is 12.5 Å². The van der Waals surface area contributed by atoms with Crippen molar-refractivity contribution in [3.8, 4) is 0 Å². The second-order valence-corrected chi connectivity index (χ2v) is 10.4. The van der Waals surface area contributed by atoms with Gasteiger partial charge in [-0.1, -0.05) is 13.8 Å². The Labute approximate surface area is 195 Å². The zero-order chi connectivity index (χ0) is 26.1. The summed E-state index contributed by atoms with van der Waals surface area (Å²) in [6.45, 7) is 2.03. The molecule has 0 bridgehead atoms. The van der Waals surface area contributed by atoms with Crippen molar-refractivity contribution in [1.82, 2.24) is 0 Å². The number of hydrogen-bond acceptors (Lipinski definition) is 17. The zero-order valence-corrected chi connectivity index (χ0v) is 19.9. The van der Waals surface area contributed by atoms with Crippen molar-refractivity contribution in [2.75, 3.05) is 6.61 Å². The lowest BCUT2D eigenvalue weighted by molar-refractivity contribution is -0.340. The summed E-state index contributed by atoms with van der Waals surface area (Å²) in [5.41, 5.74) is 0. The number of rotatable bonds is 10. The van der Waals surface area contributed by atoms with Crippen LogP contribution < -0.4 is 5.11 Å². The van der Waals surface area contributed by atoms with Crippen LogP contribution in [-0.4, -0.2) is 94.4 Å². The van der Waals surface area contributed by atoms with E-state index < -0.39 is 99.0 Å². The Morgan fingerprint density at radius 2 is 1.44 bits per heavy atom. The van der Waals surface area contributed by atoms with Crippen molar-refractivity contribution in [1.29, 1.82) is 0 Å². The molecule has 0 aliphatic carbocycles. The first-order chi connectivity index (χ1) is 15.4. The summed E-state index contributed by atoms with van der Waals surface area (Å²) in [6.07, 6.45) is -12.7. The summed E-state index contributed by atoms with van der Waals surface area (Å²) in [4.78, 5) is 11.5. The van der Waals surface area contributed by atoms with Gasteiger partial charge in [-0.05, 0) is 6.42 Å². The van der Waals surface area contributed by atoms with Crippen molar-refractivity contribution in [2.45, 2.75) is 69.6 Å². The van der Waals surface area contributed by atoms with Crippen molar-refractivity contribution in [3.05, 3.63) is 0 Å².